The van der Waals surface area contributed by atoms with Crippen molar-refractivity contribution in [1.29, 1.82) is 0 Å². The Kier molecular flexibility index (Phi) is 7.07. The smallest absolute Gasteiger partial charge is 0.198 e. The van der Waals surface area contributed by atoms with E-state index in [2.05, 4.69) is 182 Å². The number of hydrogen-bond acceptors (Lipinski definition) is 1. The second-order valence-corrected chi connectivity index (χ2v) is 19.8. The highest BCUT2D eigenvalue weighted by Crippen LogP contribution is 2.52. The molecule has 0 radical (unpaired) electrons. The van der Waals surface area contributed by atoms with Crippen molar-refractivity contribution in [3.05, 3.63) is 137 Å². The third-order valence-electron chi connectivity index (χ3n) is 13.9. The Morgan fingerprint density at radius 3 is 2.00 bits per heavy atom. The molecule has 0 atom stereocenters. The predicted octanol–water partition coefficient (Wildman–Crippen LogP) is 12.2. The topological polar surface area (TPSA) is 17.0 Å². The molecule has 0 saturated heterocycles. The first-order valence-corrected chi connectivity index (χ1v) is 20.4. The summed E-state index contributed by atoms with van der Waals surface area (Å²) in [4.78, 5) is 0. The summed E-state index contributed by atoms with van der Waals surface area (Å²) in [5.41, 5.74) is 23.4. The van der Waals surface area contributed by atoms with Crippen LogP contribution in [-0.4, -0.2) is 11.8 Å². The van der Waals surface area contributed by atoms with E-state index in [-0.39, 0.29) is 21.7 Å². The number of para-hydroxylation sites is 1. The summed E-state index contributed by atoms with van der Waals surface area (Å²) < 4.78 is 2.68. The Morgan fingerprint density at radius 1 is 0.636 bits per heavy atom. The number of aromatic nitrogens is 1. The first-order valence-electron chi connectivity index (χ1n) is 20.4. The molecule has 1 aromatic heterocycles. The zero-order valence-electron chi connectivity index (χ0n) is 34.4. The minimum absolute atomic E-state index is 0.0564. The zero-order valence-corrected chi connectivity index (χ0v) is 34.4. The van der Waals surface area contributed by atoms with Crippen LogP contribution in [0.1, 0.15) is 109 Å². The highest BCUT2D eigenvalue weighted by Gasteiger charge is 2.40. The Morgan fingerprint density at radius 2 is 1.29 bits per heavy atom. The van der Waals surface area contributed by atoms with Gasteiger partial charge in [-0.15, -0.1) is 0 Å². The Labute approximate surface area is 328 Å². The molecule has 274 valence electrons. The zero-order chi connectivity index (χ0) is 38.4. The lowest BCUT2D eigenvalue weighted by atomic mass is 9.58. The number of hydrogen-bond donors (Lipinski definition) is 1. The number of benzene rings is 6. The molecule has 10 rings (SSSR count). The van der Waals surface area contributed by atoms with Gasteiger partial charge in [0.15, 0.2) is 7.28 Å². The molecule has 2 nitrogen and oxygen atoms in total. The monoisotopic (exact) mass is 716 g/mol. The molecule has 1 N–H and O–H groups in total. The van der Waals surface area contributed by atoms with Crippen molar-refractivity contribution in [2.75, 3.05) is 5.32 Å². The van der Waals surface area contributed by atoms with E-state index in [1.54, 1.807) is 0 Å². The summed E-state index contributed by atoms with van der Waals surface area (Å²) in [6, 6.07) is 39.8. The van der Waals surface area contributed by atoms with Gasteiger partial charge in [0.1, 0.15) is 0 Å². The maximum absolute atomic E-state index is 3.85. The molecule has 2 aliphatic carbocycles. The van der Waals surface area contributed by atoms with Crippen molar-refractivity contribution in [3.63, 3.8) is 0 Å². The van der Waals surface area contributed by atoms with Crippen LogP contribution in [0.5, 0.6) is 0 Å². The van der Waals surface area contributed by atoms with Gasteiger partial charge in [-0.3, -0.25) is 0 Å². The van der Waals surface area contributed by atoms with Crippen molar-refractivity contribution in [2.45, 2.75) is 104 Å². The number of fused-ring (bicyclic) bond motifs is 9. The van der Waals surface area contributed by atoms with Crippen LogP contribution >= 0.6 is 0 Å². The summed E-state index contributed by atoms with van der Waals surface area (Å²) in [7, 11) is 0.892. The van der Waals surface area contributed by atoms with Crippen molar-refractivity contribution in [3.8, 4) is 27.9 Å². The van der Waals surface area contributed by atoms with Gasteiger partial charge in [-0.05, 0) is 128 Å². The maximum atomic E-state index is 3.85. The van der Waals surface area contributed by atoms with Crippen LogP contribution in [0.2, 0.25) is 0 Å². The van der Waals surface area contributed by atoms with E-state index in [1.165, 1.54) is 107 Å². The Balaban J connectivity index is 1.26. The van der Waals surface area contributed by atoms with Crippen molar-refractivity contribution >= 4 is 51.4 Å². The lowest BCUT2D eigenvalue weighted by molar-refractivity contribution is 0.332. The molecule has 0 amide bonds. The van der Waals surface area contributed by atoms with Crippen LogP contribution in [0, 0.1) is 6.92 Å². The van der Waals surface area contributed by atoms with Gasteiger partial charge in [-0.2, -0.15) is 0 Å². The summed E-state index contributed by atoms with van der Waals surface area (Å²) in [5.74, 6) is 0. The molecular weight excluding hydrogens is 663 g/mol. The average molecular weight is 717 g/mol. The maximum Gasteiger partial charge on any atom is 0.198 e. The lowest BCUT2D eigenvalue weighted by Crippen LogP contribution is -2.38. The second kappa shape index (κ2) is 11.3. The fraction of sp³-hybridized carbons (Fsp3) is 0.308. The number of anilines is 2. The standard InChI is InChI=1S/C52H53BN2/c1-30-25-36(34-16-12-14-18-43(34)54-32-21-19-31(20-22-32)49(2,3)4)47-48-46(30)37-26-40-41(51(7,8)24-23-50(40,5)6)29-44(37)55(48)45-27-35-33-15-11-13-17-38(33)52(9,10)39(35)28-42(45)53-47/h11-22,25-29,53-54H,23-24H2,1-10H3. The van der Waals surface area contributed by atoms with Gasteiger partial charge in [-0.1, -0.05) is 135 Å². The van der Waals surface area contributed by atoms with E-state index in [0.29, 0.717) is 0 Å². The van der Waals surface area contributed by atoms with E-state index in [1.807, 2.05) is 0 Å². The molecule has 0 unspecified atom stereocenters. The molecule has 0 bridgehead atoms. The van der Waals surface area contributed by atoms with Crippen LogP contribution in [-0.2, 0) is 21.7 Å². The van der Waals surface area contributed by atoms with E-state index >= 15 is 0 Å². The molecule has 0 fully saturated rings. The fourth-order valence-electron chi connectivity index (χ4n) is 10.6. The third kappa shape index (κ3) is 4.94. The number of rotatable bonds is 3. The van der Waals surface area contributed by atoms with Gasteiger partial charge in [0.05, 0.1) is 5.52 Å². The summed E-state index contributed by atoms with van der Waals surface area (Å²) >= 11 is 0. The molecule has 55 heavy (non-hydrogen) atoms. The van der Waals surface area contributed by atoms with Crippen LogP contribution < -0.4 is 16.2 Å². The van der Waals surface area contributed by atoms with Gasteiger partial charge in [0.25, 0.3) is 0 Å². The first kappa shape index (κ1) is 34.5. The van der Waals surface area contributed by atoms with Gasteiger partial charge < -0.3 is 9.88 Å². The first-order chi connectivity index (χ1) is 26.0. The molecule has 6 aromatic carbocycles. The average Bonchev–Trinajstić information content (AvgIpc) is 3.60. The molecule has 3 aliphatic rings. The summed E-state index contributed by atoms with van der Waals surface area (Å²) in [5, 5.41) is 6.65. The minimum atomic E-state index is -0.0564. The summed E-state index contributed by atoms with van der Waals surface area (Å²) in [6.45, 7) is 23.8. The Hall–Kier alpha value is -5.02. The van der Waals surface area contributed by atoms with E-state index < -0.39 is 0 Å². The van der Waals surface area contributed by atoms with Crippen LogP contribution in [0.4, 0.5) is 11.4 Å². The SMILES string of the molecule is Cc1cc(-c2ccccc2Nc2ccc(C(C)(C)C)cc2)c2c3c1c1cc4c(cc1n3-c1cc3c(cc1B2)C(C)(C)c1ccccc1-3)C(C)(C)CCC4(C)C. The van der Waals surface area contributed by atoms with Gasteiger partial charge in [0.2, 0.25) is 0 Å². The van der Waals surface area contributed by atoms with E-state index in [9.17, 15) is 0 Å². The van der Waals surface area contributed by atoms with Crippen LogP contribution in [0.3, 0.4) is 0 Å². The van der Waals surface area contributed by atoms with E-state index in [0.717, 1.165) is 18.7 Å². The molecule has 0 saturated carbocycles. The second-order valence-electron chi connectivity index (χ2n) is 19.8. The normalized spacial score (nSPS) is 17.0. The number of nitrogens with zero attached hydrogens (tertiary/aromatic N) is 1. The Bertz CT molecular complexity index is 2770. The fourth-order valence-corrected chi connectivity index (χ4v) is 10.6. The number of aryl methyl sites for hydroxylation is 1. The van der Waals surface area contributed by atoms with Gasteiger partial charge >= 0.3 is 0 Å². The molecule has 3 heteroatoms. The van der Waals surface area contributed by atoms with Gasteiger partial charge in [-0.25, -0.2) is 0 Å². The van der Waals surface area contributed by atoms with Gasteiger partial charge in [0, 0.05) is 44.3 Å². The number of nitrogens with one attached hydrogen (secondary N) is 1. The highest BCUT2D eigenvalue weighted by atomic mass is 15.0. The van der Waals surface area contributed by atoms with Crippen molar-refractivity contribution < 1.29 is 0 Å². The van der Waals surface area contributed by atoms with Crippen molar-refractivity contribution in [1.82, 2.24) is 4.57 Å². The lowest BCUT2D eigenvalue weighted by Gasteiger charge is -2.42. The highest BCUT2D eigenvalue weighted by molar-refractivity contribution is 6.73. The predicted molar refractivity (Wildman–Crippen MR) is 239 cm³/mol. The van der Waals surface area contributed by atoms with Crippen LogP contribution in [0.15, 0.2) is 103 Å². The molecule has 2 heterocycles. The molecule has 1 aliphatic heterocycles. The summed E-state index contributed by atoms with van der Waals surface area (Å²) in [6.07, 6.45) is 2.41. The molecule has 0 spiro atoms. The van der Waals surface area contributed by atoms with E-state index in [4.69, 9.17) is 0 Å². The molecule has 7 aromatic rings. The van der Waals surface area contributed by atoms with Crippen molar-refractivity contribution in [2.24, 2.45) is 0 Å². The molecular formula is C52H53BN2. The quantitative estimate of drug-likeness (QED) is 0.180. The third-order valence-corrected chi connectivity index (χ3v) is 13.9. The largest absolute Gasteiger partial charge is 0.355 e. The van der Waals surface area contributed by atoms with Crippen LogP contribution in [0.25, 0.3) is 49.7 Å². The minimum Gasteiger partial charge on any atom is -0.355 e.